The standard InChI is InChI=1S/C26H25N7O2/c1-17-15-32(23-7-4-18(14-27)25-21(23)3-2-8-28-25)16-24-20-6-5-19(13-22(20)29-33(17)24)30-9-11-31(12-10-30)26(34)35/h2-8,13,17H,9-12,15-16H2,1H3,(H,34,35)/t17-/m1/s1. The predicted molar refractivity (Wildman–Crippen MR) is 134 cm³/mol. The largest absolute Gasteiger partial charge is 0.465 e. The second kappa shape index (κ2) is 8.17. The number of hydrogen-bond acceptors (Lipinski definition) is 6. The van der Waals surface area contributed by atoms with Crippen molar-refractivity contribution < 1.29 is 9.90 Å². The lowest BCUT2D eigenvalue weighted by Gasteiger charge is -2.35. The minimum absolute atomic E-state index is 0.177. The molecule has 0 spiro atoms. The van der Waals surface area contributed by atoms with Crippen LogP contribution in [0.25, 0.3) is 21.8 Å². The van der Waals surface area contributed by atoms with Crippen LogP contribution in [-0.4, -0.2) is 63.6 Å². The lowest BCUT2D eigenvalue weighted by atomic mass is 10.1. The van der Waals surface area contributed by atoms with Crippen molar-refractivity contribution in [2.24, 2.45) is 0 Å². The number of carboxylic acid groups (broad SMARTS) is 1. The number of hydrogen-bond donors (Lipinski definition) is 1. The summed E-state index contributed by atoms with van der Waals surface area (Å²) in [6.45, 7) is 6.07. The molecular weight excluding hydrogens is 442 g/mol. The molecule has 1 atom stereocenters. The number of aromatic nitrogens is 3. The number of anilines is 2. The molecule has 9 nitrogen and oxygen atoms in total. The van der Waals surface area contributed by atoms with Crippen LogP contribution < -0.4 is 9.80 Å². The summed E-state index contributed by atoms with van der Waals surface area (Å²) in [6, 6.07) is 16.6. The molecule has 0 bridgehead atoms. The molecule has 6 rings (SSSR count). The van der Waals surface area contributed by atoms with E-state index in [1.54, 1.807) is 6.20 Å². The Morgan fingerprint density at radius 2 is 1.91 bits per heavy atom. The van der Waals surface area contributed by atoms with E-state index in [2.05, 4.69) is 50.7 Å². The third-order valence-corrected chi connectivity index (χ3v) is 7.15. The number of pyridine rings is 1. The molecule has 1 saturated heterocycles. The average Bonchev–Trinajstić information content (AvgIpc) is 3.26. The van der Waals surface area contributed by atoms with Crippen molar-refractivity contribution >= 4 is 39.3 Å². The lowest BCUT2D eigenvalue weighted by molar-refractivity contribution is 0.142. The van der Waals surface area contributed by atoms with E-state index in [1.807, 2.05) is 24.3 Å². The molecule has 2 aromatic carbocycles. The average molecular weight is 468 g/mol. The number of nitrogens with zero attached hydrogens (tertiary/aromatic N) is 7. The van der Waals surface area contributed by atoms with Crippen molar-refractivity contribution in [2.75, 3.05) is 42.5 Å². The number of piperazine rings is 1. The number of fused-ring (bicyclic) bond motifs is 4. The highest BCUT2D eigenvalue weighted by atomic mass is 16.4. The molecule has 4 aromatic rings. The molecule has 2 aliphatic heterocycles. The van der Waals surface area contributed by atoms with Crippen molar-refractivity contribution in [1.82, 2.24) is 19.7 Å². The Kier molecular flexibility index (Phi) is 4.95. The van der Waals surface area contributed by atoms with Gasteiger partial charge in [-0.15, -0.1) is 0 Å². The van der Waals surface area contributed by atoms with E-state index in [-0.39, 0.29) is 6.04 Å². The Hall–Kier alpha value is -4.32. The zero-order valence-corrected chi connectivity index (χ0v) is 19.4. The minimum atomic E-state index is -0.855. The van der Waals surface area contributed by atoms with Gasteiger partial charge in [0, 0.05) is 61.1 Å². The maximum atomic E-state index is 11.2. The second-order valence-electron chi connectivity index (χ2n) is 9.22. The molecule has 1 fully saturated rings. The fourth-order valence-electron chi connectivity index (χ4n) is 5.37. The Bertz CT molecular complexity index is 1500. The Morgan fingerprint density at radius 1 is 1.09 bits per heavy atom. The van der Waals surface area contributed by atoms with E-state index < -0.39 is 6.09 Å². The van der Waals surface area contributed by atoms with Crippen molar-refractivity contribution in [3.63, 3.8) is 0 Å². The van der Waals surface area contributed by atoms with Crippen LogP contribution in [0.4, 0.5) is 16.2 Å². The van der Waals surface area contributed by atoms with E-state index in [9.17, 15) is 15.2 Å². The van der Waals surface area contributed by atoms with Gasteiger partial charge in [0.25, 0.3) is 0 Å². The second-order valence-corrected chi connectivity index (χ2v) is 9.22. The van der Waals surface area contributed by atoms with Gasteiger partial charge >= 0.3 is 6.09 Å². The molecule has 0 unspecified atom stereocenters. The normalized spacial score (nSPS) is 18.1. The first kappa shape index (κ1) is 21.2. The number of benzene rings is 2. The molecule has 1 N–H and O–H groups in total. The minimum Gasteiger partial charge on any atom is -0.465 e. The number of nitriles is 1. The van der Waals surface area contributed by atoms with Gasteiger partial charge in [0.15, 0.2) is 0 Å². The molecule has 1 amide bonds. The van der Waals surface area contributed by atoms with E-state index in [0.717, 1.165) is 39.7 Å². The predicted octanol–water partition coefficient (Wildman–Crippen LogP) is 3.84. The molecule has 176 valence electrons. The summed E-state index contributed by atoms with van der Waals surface area (Å²) >= 11 is 0. The fourth-order valence-corrected chi connectivity index (χ4v) is 5.37. The molecule has 0 saturated carbocycles. The highest BCUT2D eigenvalue weighted by molar-refractivity contribution is 5.95. The Labute approximate surface area is 202 Å². The van der Waals surface area contributed by atoms with Gasteiger partial charge < -0.3 is 19.8 Å². The highest BCUT2D eigenvalue weighted by Crippen LogP contribution is 2.35. The van der Waals surface area contributed by atoms with Gasteiger partial charge in [0.05, 0.1) is 34.9 Å². The molecule has 0 aliphatic carbocycles. The molecule has 9 heteroatoms. The Balaban J connectivity index is 1.33. The van der Waals surface area contributed by atoms with Gasteiger partial charge in [-0.2, -0.15) is 10.4 Å². The van der Waals surface area contributed by atoms with E-state index >= 15 is 0 Å². The summed E-state index contributed by atoms with van der Waals surface area (Å²) in [6.07, 6.45) is 0.874. The van der Waals surface area contributed by atoms with Gasteiger partial charge in [0.2, 0.25) is 0 Å². The maximum Gasteiger partial charge on any atom is 0.407 e. The van der Waals surface area contributed by atoms with E-state index in [1.165, 1.54) is 10.6 Å². The topological polar surface area (TPSA) is 102 Å². The number of amides is 1. The van der Waals surface area contributed by atoms with Crippen molar-refractivity contribution in [3.05, 3.63) is 59.9 Å². The summed E-state index contributed by atoms with van der Waals surface area (Å²) < 4.78 is 2.14. The molecule has 4 heterocycles. The van der Waals surface area contributed by atoms with Gasteiger partial charge in [0.1, 0.15) is 6.07 Å². The zero-order valence-electron chi connectivity index (χ0n) is 19.4. The Morgan fingerprint density at radius 3 is 2.69 bits per heavy atom. The van der Waals surface area contributed by atoms with Gasteiger partial charge in [-0.05, 0) is 49.4 Å². The first-order chi connectivity index (χ1) is 17.0. The molecule has 0 radical (unpaired) electrons. The fraction of sp³-hybridized carbons (Fsp3) is 0.308. The summed E-state index contributed by atoms with van der Waals surface area (Å²) in [5.41, 5.74) is 5.60. The van der Waals surface area contributed by atoms with Crippen molar-refractivity contribution in [1.29, 1.82) is 5.26 Å². The van der Waals surface area contributed by atoms with Crippen molar-refractivity contribution in [2.45, 2.75) is 19.5 Å². The van der Waals surface area contributed by atoms with E-state index in [0.29, 0.717) is 38.3 Å². The summed E-state index contributed by atoms with van der Waals surface area (Å²) in [7, 11) is 0. The smallest absolute Gasteiger partial charge is 0.407 e. The van der Waals surface area contributed by atoms with Gasteiger partial charge in [-0.25, -0.2) is 4.79 Å². The highest BCUT2D eigenvalue weighted by Gasteiger charge is 2.28. The molecular formula is C26H25N7O2. The molecule has 2 aromatic heterocycles. The van der Waals surface area contributed by atoms with Gasteiger partial charge in [-0.3, -0.25) is 9.67 Å². The SMILES string of the molecule is C[C@@H]1CN(c2ccc(C#N)c3ncccc23)Cc2c3ccc(N4CCN(C(=O)O)CC4)cc3nn21. The van der Waals surface area contributed by atoms with E-state index in [4.69, 9.17) is 5.10 Å². The zero-order chi connectivity index (χ0) is 24.1. The van der Waals surface area contributed by atoms with Crippen LogP contribution in [0.3, 0.4) is 0 Å². The quantitative estimate of drug-likeness (QED) is 0.478. The monoisotopic (exact) mass is 467 g/mol. The van der Waals surface area contributed by atoms with Gasteiger partial charge in [-0.1, -0.05) is 0 Å². The van der Waals surface area contributed by atoms with Crippen LogP contribution in [0.5, 0.6) is 0 Å². The third-order valence-electron chi connectivity index (χ3n) is 7.15. The number of rotatable bonds is 2. The van der Waals surface area contributed by atoms with Crippen LogP contribution in [0.2, 0.25) is 0 Å². The van der Waals surface area contributed by atoms with Crippen LogP contribution in [0.15, 0.2) is 48.7 Å². The van der Waals surface area contributed by atoms with Crippen LogP contribution >= 0.6 is 0 Å². The molecule has 2 aliphatic rings. The first-order valence-corrected chi connectivity index (χ1v) is 11.8. The lowest BCUT2D eigenvalue weighted by Crippen LogP contribution is -2.48. The van der Waals surface area contributed by atoms with Crippen LogP contribution in [0.1, 0.15) is 24.2 Å². The first-order valence-electron chi connectivity index (χ1n) is 11.8. The number of carbonyl (C=O) groups is 1. The summed E-state index contributed by atoms with van der Waals surface area (Å²) in [4.78, 5) is 21.7. The summed E-state index contributed by atoms with van der Waals surface area (Å²) in [5.74, 6) is 0. The van der Waals surface area contributed by atoms with Crippen molar-refractivity contribution in [3.8, 4) is 6.07 Å². The maximum absolute atomic E-state index is 11.2. The molecule has 35 heavy (non-hydrogen) atoms. The summed E-state index contributed by atoms with van der Waals surface area (Å²) in [5, 5.41) is 25.8. The van der Waals surface area contributed by atoms with Crippen LogP contribution in [-0.2, 0) is 6.54 Å². The van der Waals surface area contributed by atoms with Crippen LogP contribution in [0, 0.1) is 11.3 Å². The third kappa shape index (κ3) is 3.49.